The molecule has 1 aromatic rings. The van der Waals surface area contributed by atoms with Gasteiger partial charge in [-0.05, 0) is 32.9 Å². The zero-order valence-corrected chi connectivity index (χ0v) is 10.4. The van der Waals surface area contributed by atoms with Gasteiger partial charge in [0.05, 0.1) is 0 Å². The molecule has 2 heterocycles. The van der Waals surface area contributed by atoms with Crippen LogP contribution in [0.3, 0.4) is 0 Å². The lowest BCUT2D eigenvalue weighted by atomic mass is 10.1. The molecule has 1 saturated heterocycles. The molecule has 1 aliphatic rings. The Morgan fingerprint density at radius 2 is 2.00 bits per heavy atom. The highest BCUT2D eigenvalue weighted by molar-refractivity contribution is 5.55. The number of anilines is 2. The van der Waals surface area contributed by atoms with Crippen LogP contribution in [0.1, 0.15) is 26.2 Å². The molecule has 2 rings (SSSR count). The molecule has 0 spiro atoms. The molecule has 1 aromatic heterocycles. The fourth-order valence-corrected chi connectivity index (χ4v) is 2.27. The number of piperidine rings is 1. The molecule has 1 unspecified atom stereocenters. The molecule has 0 bridgehead atoms. The molecule has 0 aromatic carbocycles. The van der Waals surface area contributed by atoms with Crippen molar-refractivity contribution in [3.63, 3.8) is 0 Å². The number of rotatable bonds is 4. The van der Waals surface area contributed by atoms with Gasteiger partial charge in [0.15, 0.2) is 11.6 Å². The number of nitrogens with zero attached hydrogens (tertiary/aromatic N) is 3. The van der Waals surface area contributed by atoms with Crippen molar-refractivity contribution in [2.75, 3.05) is 30.7 Å². The fourth-order valence-electron chi connectivity index (χ4n) is 2.27. The topological polar surface area (TPSA) is 67.1 Å². The normalized spacial score (nSPS) is 18.9. The molecule has 0 amide bonds. The molecule has 3 N–H and O–H groups in total. The monoisotopic (exact) mass is 235 g/mol. The average molecular weight is 235 g/mol. The van der Waals surface area contributed by atoms with Crippen molar-refractivity contribution in [3.8, 4) is 0 Å². The molecular weight excluding hydrogens is 214 g/mol. The molecule has 1 atom stereocenters. The lowest BCUT2D eigenvalue weighted by Gasteiger charge is -2.29. The summed E-state index contributed by atoms with van der Waals surface area (Å²) in [6.45, 7) is 5.61. The highest BCUT2D eigenvalue weighted by Crippen LogP contribution is 2.13. The third kappa shape index (κ3) is 3.56. The van der Waals surface area contributed by atoms with Crippen LogP contribution in [-0.4, -0.2) is 40.5 Å². The Bertz CT molecular complexity index is 349. The van der Waals surface area contributed by atoms with Gasteiger partial charge in [-0.3, -0.25) is 0 Å². The van der Waals surface area contributed by atoms with Crippen molar-refractivity contribution in [2.24, 2.45) is 0 Å². The Labute approximate surface area is 102 Å². The van der Waals surface area contributed by atoms with Gasteiger partial charge >= 0.3 is 0 Å². The summed E-state index contributed by atoms with van der Waals surface area (Å²) in [6, 6.07) is 0.340. The van der Waals surface area contributed by atoms with Crippen molar-refractivity contribution in [1.29, 1.82) is 0 Å². The number of aromatic nitrogens is 2. The molecule has 17 heavy (non-hydrogen) atoms. The number of nitrogens with two attached hydrogens (primary N) is 1. The van der Waals surface area contributed by atoms with E-state index in [9.17, 15) is 0 Å². The van der Waals surface area contributed by atoms with E-state index in [2.05, 4.69) is 27.1 Å². The number of hydrogen-bond donors (Lipinski definition) is 2. The molecule has 1 fully saturated rings. The van der Waals surface area contributed by atoms with Crippen LogP contribution in [0.15, 0.2) is 12.4 Å². The Kier molecular flexibility index (Phi) is 4.14. The van der Waals surface area contributed by atoms with Crippen molar-refractivity contribution >= 4 is 11.6 Å². The molecule has 94 valence electrons. The molecule has 0 radical (unpaired) electrons. The fraction of sp³-hybridized carbons (Fsp3) is 0.667. The van der Waals surface area contributed by atoms with Gasteiger partial charge in [0.2, 0.25) is 0 Å². The number of nitrogen functional groups attached to an aromatic ring is 1. The number of hydrogen-bond acceptors (Lipinski definition) is 5. The van der Waals surface area contributed by atoms with E-state index >= 15 is 0 Å². The zero-order chi connectivity index (χ0) is 12.1. The van der Waals surface area contributed by atoms with E-state index < -0.39 is 0 Å². The molecule has 5 heteroatoms. The first-order valence-corrected chi connectivity index (χ1v) is 6.31. The quantitative estimate of drug-likeness (QED) is 0.824. The number of nitrogens with one attached hydrogen (secondary N) is 1. The van der Waals surface area contributed by atoms with Crippen LogP contribution in [0, 0.1) is 0 Å². The first-order valence-electron chi connectivity index (χ1n) is 6.31. The SMILES string of the molecule is CC(CN1CCCCC1)Nc1nccnc1N. The maximum absolute atomic E-state index is 5.75. The lowest BCUT2D eigenvalue weighted by molar-refractivity contribution is 0.223. The van der Waals surface area contributed by atoms with Gasteiger partial charge in [-0.1, -0.05) is 6.42 Å². The zero-order valence-electron chi connectivity index (χ0n) is 10.4. The molecule has 1 aliphatic heterocycles. The third-order valence-electron chi connectivity index (χ3n) is 3.09. The van der Waals surface area contributed by atoms with Crippen molar-refractivity contribution < 1.29 is 0 Å². The maximum Gasteiger partial charge on any atom is 0.169 e. The summed E-state index contributed by atoms with van der Waals surface area (Å²) in [4.78, 5) is 10.7. The van der Waals surface area contributed by atoms with Crippen molar-refractivity contribution in [3.05, 3.63) is 12.4 Å². The van der Waals surface area contributed by atoms with Crippen LogP contribution in [0.25, 0.3) is 0 Å². The Balaban J connectivity index is 1.84. The third-order valence-corrected chi connectivity index (χ3v) is 3.09. The van der Waals surface area contributed by atoms with Gasteiger partial charge in [0, 0.05) is 25.0 Å². The first kappa shape index (κ1) is 12.1. The second kappa shape index (κ2) is 5.82. The van der Waals surface area contributed by atoms with E-state index in [1.54, 1.807) is 12.4 Å². The molecular formula is C12H21N5. The Hall–Kier alpha value is -1.36. The van der Waals surface area contributed by atoms with Crippen LogP contribution < -0.4 is 11.1 Å². The molecule has 0 saturated carbocycles. The lowest BCUT2D eigenvalue weighted by Crippen LogP contribution is -2.38. The standard InChI is InChI=1S/C12H21N5/c1-10(9-17-7-3-2-4-8-17)16-12-11(13)14-5-6-15-12/h5-6,10H,2-4,7-9H2,1H3,(H2,13,14)(H,15,16). The second-order valence-corrected chi connectivity index (χ2v) is 4.70. The summed E-state index contributed by atoms with van der Waals surface area (Å²) in [5, 5.41) is 3.32. The van der Waals surface area contributed by atoms with Crippen molar-refractivity contribution in [2.45, 2.75) is 32.2 Å². The maximum atomic E-state index is 5.75. The highest BCUT2D eigenvalue weighted by atomic mass is 15.2. The van der Waals surface area contributed by atoms with Crippen LogP contribution in [-0.2, 0) is 0 Å². The predicted octanol–water partition coefficient (Wildman–Crippen LogP) is 1.35. The van der Waals surface area contributed by atoms with Crippen LogP contribution in [0.5, 0.6) is 0 Å². The van der Waals surface area contributed by atoms with Gasteiger partial charge < -0.3 is 16.0 Å². The smallest absolute Gasteiger partial charge is 0.169 e. The minimum absolute atomic E-state index is 0.340. The van der Waals surface area contributed by atoms with Crippen LogP contribution in [0.4, 0.5) is 11.6 Å². The predicted molar refractivity (Wildman–Crippen MR) is 69.8 cm³/mol. The first-order chi connectivity index (χ1) is 8.25. The van der Waals surface area contributed by atoms with Gasteiger partial charge in [0.25, 0.3) is 0 Å². The summed E-state index contributed by atoms with van der Waals surface area (Å²) >= 11 is 0. The van der Waals surface area contributed by atoms with Gasteiger partial charge in [-0.15, -0.1) is 0 Å². The van der Waals surface area contributed by atoms with Gasteiger partial charge in [-0.2, -0.15) is 0 Å². The van der Waals surface area contributed by atoms with E-state index in [0.717, 1.165) is 6.54 Å². The number of likely N-dealkylation sites (tertiary alicyclic amines) is 1. The van der Waals surface area contributed by atoms with E-state index in [4.69, 9.17) is 5.73 Å². The Morgan fingerprint density at radius 1 is 1.29 bits per heavy atom. The van der Waals surface area contributed by atoms with E-state index in [1.165, 1.54) is 32.4 Å². The van der Waals surface area contributed by atoms with Gasteiger partial charge in [0.1, 0.15) is 0 Å². The average Bonchev–Trinajstić information content (AvgIpc) is 2.33. The van der Waals surface area contributed by atoms with E-state index in [0.29, 0.717) is 17.7 Å². The Morgan fingerprint density at radius 3 is 2.71 bits per heavy atom. The minimum Gasteiger partial charge on any atom is -0.381 e. The van der Waals surface area contributed by atoms with Gasteiger partial charge in [-0.25, -0.2) is 9.97 Å². The summed E-state index contributed by atoms with van der Waals surface area (Å²) in [5.41, 5.74) is 5.75. The highest BCUT2D eigenvalue weighted by Gasteiger charge is 2.14. The van der Waals surface area contributed by atoms with Crippen LogP contribution >= 0.6 is 0 Å². The van der Waals surface area contributed by atoms with Crippen LogP contribution in [0.2, 0.25) is 0 Å². The minimum atomic E-state index is 0.340. The largest absolute Gasteiger partial charge is 0.381 e. The van der Waals surface area contributed by atoms with E-state index in [-0.39, 0.29) is 0 Å². The summed E-state index contributed by atoms with van der Waals surface area (Å²) in [6.07, 6.45) is 7.28. The second-order valence-electron chi connectivity index (χ2n) is 4.70. The molecule has 5 nitrogen and oxygen atoms in total. The molecule has 0 aliphatic carbocycles. The summed E-state index contributed by atoms with van der Waals surface area (Å²) < 4.78 is 0. The van der Waals surface area contributed by atoms with Crippen molar-refractivity contribution in [1.82, 2.24) is 14.9 Å². The van der Waals surface area contributed by atoms with E-state index in [1.807, 2.05) is 0 Å². The summed E-state index contributed by atoms with van der Waals surface area (Å²) in [7, 11) is 0. The summed E-state index contributed by atoms with van der Waals surface area (Å²) in [5.74, 6) is 1.16.